The Morgan fingerprint density at radius 3 is 2.18 bits per heavy atom. The van der Waals surface area contributed by atoms with E-state index in [0.717, 1.165) is 6.26 Å². The van der Waals surface area contributed by atoms with Crippen molar-refractivity contribution in [3.8, 4) is 0 Å². The number of nitrogens with zero attached hydrogens (tertiary/aromatic N) is 2. The molecule has 1 atom stereocenters. The van der Waals surface area contributed by atoms with E-state index in [1.807, 2.05) is 0 Å². The number of amides is 1. The summed E-state index contributed by atoms with van der Waals surface area (Å²) in [7, 11) is -7.20. The zero-order valence-corrected chi connectivity index (χ0v) is 17.2. The quantitative estimate of drug-likeness (QED) is 0.546. The van der Waals surface area contributed by atoms with Crippen LogP contribution in [0.1, 0.15) is 6.92 Å². The molecule has 2 rings (SSSR count). The Morgan fingerprint density at radius 1 is 1.07 bits per heavy atom. The molecule has 10 nitrogen and oxygen atoms in total. The fourth-order valence-electron chi connectivity index (χ4n) is 2.57. The highest BCUT2D eigenvalue weighted by Gasteiger charge is 2.28. The Kier molecular flexibility index (Phi) is 7.15. The van der Waals surface area contributed by atoms with Crippen LogP contribution in [0.5, 0.6) is 0 Å². The van der Waals surface area contributed by atoms with Gasteiger partial charge in [0.2, 0.25) is 20.0 Å². The summed E-state index contributed by atoms with van der Waals surface area (Å²) >= 11 is 0. The lowest BCUT2D eigenvalue weighted by atomic mass is 10.3. The van der Waals surface area contributed by atoms with Gasteiger partial charge in [-0.25, -0.2) is 16.8 Å². The van der Waals surface area contributed by atoms with Gasteiger partial charge in [-0.05, 0) is 19.1 Å². The predicted molar refractivity (Wildman–Crippen MR) is 100 cm³/mol. The van der Waals surface area contributed by atoms with Crippen molar-refractivity contribution >= 4 is 31.9 Å². The summed E-state index contributed by atoms with van der Waals surface area (Å²) in [5.74, 6) is -1.36. The molecular formula is C16H23N3O7S2. The molecule has 0 saturated carbocycles. The predicted octanol–water partition coefficient (Wildman–Crippen LogP) is -1.000. The molecule has 0 unspecified atom stereocenters. The van der Waals surface area contributed by atoms with E-state index in [2.05, 4.69) is 4.72 Å². The fourth-order valence-corrected chi connectivity index (χ4v) is 4.61. The van der Waals surface area contributed by atoms with Crippen molar-refractivity contribution in [2.24, 2.45) is 0 Å². The second kappa shape index (κ2) is 8.99. The highest BCUT2D eigenvalue weighted by Crippen LogP contribution is 2.09. The Hall–Kier alpha value is -2.02. The van der Waals surface area contributed by atoms with Crippen molar-refractivity contribution in [3.63, 3.8) is 0 Å². The Balaban J connectivity index is 1.82. The number of carbonyl (C=O) groups is 2. The monoisotopic (exact) mass is 433 g/mol. The molecule has 1 aromatic rings. The molecule has 1 N–H and O–H groups in total. The first-order valence-corrected chi connectivity index (χ1v) is 11.8. The number of nitrogens with one attached hydrogen (secondary N) is 1. The third kappa shape index (κ3) is 5.99. The molecule has 1 fully saturated rings. The van der Waals surface area contributed by atoms with Crippen LogP contribution in [0.3, 0.4) is 0 Å². The fraction of sp³-hybridized carbons (Fsp3) is 0.500. The summed E-state index contributed by atoms with van der Waals surface area (Å²) in [6.45, 7) is 1.50. The Morgan fingerprint density at radius 2 is 1.64 bits per heavy atom. The van der Waals surface area contributed by atoms with Crippen LogP contribution >= 0.6 is 0 Å². The van der Waals surface area contributed by atoms with Gasteiger partial charge in [0.25, 0.3) is 5.91 Å². The molecule has 0 bridgehead atoms. The van der Waals surface area contributed by atoms with E-state index in [1.165, 1.54) is 28.3 Å². The van der Waals surface area contributed by atoms with Crippen LogP contribution in [-0.4, -0.2) is 83.0 Å². The average Bonchev–Trinajstić information content (AvgIpc) is 2.65. The maximum absolute atomic E-state index is 12.2. The molecule has 1 aromatic carbocycles. The summed E-state index contributed by atoms with van der Waals surface area (Å²) in [5.41, 5.74) is 0. The van der Waals surface area contributed by atoms with Crippen LogP contribution in [0.25, 0.3) is 0 Å². The van der Waals surface area contributed by atoms with E-state index in [-0.39, 0.29) is 31.1 Å². The van der Waals surface area contributed by atoms with E-state index in [1.54, 1.807) is 18.2 Å². The van der Waals surface area contributed by atoms with Gasteiger partial charge in [-0.2, -0.15) is 9.03 Å². The lowest BCUT2D eigenvalue weighted by molar-refractivity contribution is -0.153. The summed E-state index contributed by atoms with van der Waals surface area (Å²) in [6.07, 6.45) is 1.10. The third-order valence-electron chi connectivity index (χ3n) is 4.14. The van der Waals surface area contributed by atoms with Crippen LogP contribution in [0, 0.1) is 0 Å². The van der Waals surface area contributed by atoms with Crippen molar-refractivity contribution in [2.45, 2.75) is 17.9 Å². The second-order valence-corrected chi connectivity index (χ2v) is 10.0. The number of carbonyl (C=O) groups excluding carboxylic acids is 2. The molecule has 1 aliphatic heterocycles. The average molecular weight is 434 g/mol. The molecular weight excluding hydrogens is 410 g/mol. The van der Waals surface area contributed by atoms with Gasteiger partial charge >= 0.3 is 5.97 Å². The van der Waals surface area contributed by atoms with Crippen LogP contribution in [-0.2, 0) is 34.4 Å². The number of hydrogen-bond donors (Lipinski definition) is 1. The summed E-state index contributed by atoms with van der Waals surface area (Å²) in [6, 6.07) is 6.37. The Labute approximate surface area is 164 Å². The van der Waals surface area contributed by atoms with Crippen LogP contribution in [0.15, 0.2) is 35.2 Å². The maximum Gasteiger partial charge on any atom is 0.324 e. The number of piperazine rings is 1. The van der Waals surface area contributed by atoms with E-state index in [0.29, 0.717) is 0 Å². The smallest absolute Gasteiger partial charge is 0.324 e. The first-order chi connectivity index (χ1) is 13.0. The zero-order chi connectivity index (χ0) is 20.9. The molecule has 28 heavy (non-hydrogen) atoms. The van der Waals surface area contributed by atoms with E-state index >= 15 is 0 Å². The standard InChI is InChI=1S/C16H23N3O7S2/c1-13(17-28(24,25)14-6-4-3-5-7-14)16(21)26-12-15(20)18-8-10-19(11-9-18)27(2,22)23/h3-7,13,17H,8-12H2,1-2H3/t13-/m0/s1. The zero-order valence-electron chi connectivity index (χ0n) is 15.6. The summed E-state index contributed by atoms with van der Waals surface area (Å²) in [5, 5.41) is 0. The molecule has 1 amide bonds. The van der Waals surface area contributed by atoms with Crippen LogP contribution in [0.4, 0.5) is 0 Å². The Bertz CT molecular complexity index is 909. The first-order valence-electron chi connectivity index (χ1n) is 8.47. The summed E-state index contributed by atoms with van der Waals surface area (Å²) < 4.78 is 55.7. The lowest BCUT2D eigenvalue weighted by Crippen LogP contribution is -2.51. The highest BCUT2D eigenvalue weighted by atomic mass is 32.2. The number of esters is 1. The van der Waals surface area contributed by atoms with Crippen LogP contribution in [0.2, 0.25) is 0 Å². The van der Waals surface area contributed by atoms with E-state index < -0.39 is 44.6 Å². The van der Waals surface area contributed by atoms with Crippen molar-refractivity contribution < 1.29 is 31.2 Å². The van der Waals surface area contributed by atoms with Crippen molar-refractivity contribution in [1.29, 1.82) is 0 Å². The van der Waals surface area contributed by atoms with Gasteiger partial charge in [0.15, 0.2) is 6.61 Å². The molecule has 156 valence electrons. The minimum atomic E-state index is -3.89. The van der Waals surface area contributed by atoms with Gasteiger partial charge in [0.05, 0.1) is 11.2 Å². The van der Waals surface area contributed by atoms with E-state index in [9.17, 15) is 26.4 Å². The number of benzene rings is 1. The van der Waals surface area contributed by atoms with Crippen molar-refractivity contribution in [1.82, 2.24) is 13.9 Å². The topological polar surface area (TPSA) is 130 Å². The molecule has 0 aromatic heterocycles. The SMILES string of the molecule is C[C@H](NS(=O)(=O)c1ccccc1)C(=O)OCC(=O)N1CCN(S(C)(=O)=O)CC1. The molecule has 12 heteroatoms. The van der Waals surface area contributed by atoms with Crippen molar-refractivity contribution in [3.05, 3.63) is 30.3 Å². The minimum absolute atomic E-state index is 0.00877. The van der Waals surface area contributed by atoms with Gasteiger partial charge < -0.3 is 9.64 Å². The molecule has 1 aliphatic rings. The number of hydrogen-bond acceptors (Lipinski definition) is 7. The first kappa shape index (κ1) is 22.3. The molecule has 0 aliphatic carbocycles. The maximum atomic E-state index is 12.2. The second-order valence-electron chi connectivity index (χ2n) is 6.31. The number of sulfonamides is 2. The number of rotatable bonds is 7. The molecule has 0 radical (unpaired) electrons. The lowest BCUT2D eigenvalue weighted by Gasteiger charge is -2.33. The van der Waals surface area contributed by atoms with Crippen molar-refractivity contribution in [2.75, 3.05) is 39.0 Å². The summed E-state index contributed by atoms with van der Waals surface area (Å²) in [4.78, 5) is 25.6. The molecule has 0 spiro atoms. The van der Waals surface area contributed by atoms with Crippen LogP contribution < -0.4 is 4.72 Å². The normalized spacial score (nSPS) is 17.1. The van der Waals surface area contributed by atoms with E-state index in [4.69, 9.17) is 4.74 Å². The largest absolute Gasteiger partial charge is 0.454 e. The van der Waals surface area contributed by atoms with Gasteiger partial charge in [-0.15, -0.1) is 0 Å². The third-order valence-corrected chi connectivity index (χ3v) is 7.00. The molecule has 1 heterocycles. The minimum Gasteiger partial charge on any atom is -0.454 e. The van der Waals surface area contributed by atoms with Gasteiger partial charge in [-0.1, -0.05) is 18.2 Å². The van der Waals surface area contributed by atoms with Gasteiger partial charge in [0.1, 0.15) is 6.04 Å². The highest BCUT2D eigenvalue weighted by molar-refractivity contribution is 7.89. The van der Waals surface area contributed by atoms with Gasteiger partial charge in [0, 0.05) is 26.2 Å². The molecule has 1 saturated heterocycles. The van der Waals surface area contributed by atoms with Gasteiger partial charge in [-0.3, -0.25) is 9.59 Å². The number of ether oxygens (including phenoxy) is 1.